The summed E-state index contributed by atoms with van der Waals surface area (Å²) in [6, 6.07) is 4.00. The van der Waals surface area contributed by atoms with Gasteiger partial charge in [-0.25, -0.2) is 0 Å². The molecule has 0 aromatic heterocycles. The van der Waals surface area contributed by atoms with E-state index in [-0.39, 0.29) is 6.29 Å². The Balaban J connectivity index is 3.56. The Morgan fingerprint density at radius 3 is 1.93 bits per heavy atom. The molecule has 4 heteroatoms. The highest BCUT2D eigenvalue weighted by atomic mass is 16.7. The van der Waals surface area contributed by atoms with Crippen LogP contribution in [0.3, 0.4) is 0 Å². The number of ether oxygens (including phenoxy) is 2. The average molecular weight is 196 g/mol. The van der Waals surface area contributed by atoms with Crippen molar-refractivity contribution in [2.24, 2.45) is 0 Å². The first-order valence-corrected chi connectivity index (χ1v) is 4.82. The molecule has 0 N–H and O–H groups in total. The molecule has 0 amide bonds. The molecular formula is C10H16N2O2. The third-order valence-corrected chi connectivity index (χ3v) is 1.56. The maximum atomic E-state index is 8.31. The summed E-state index contributed by atoms with van der Waals surface area (Å²) in [5.41, 5.74) is 0. The van der Waals surface area contributed by atoms with Crippen LogP contribution in [0.5, 0.6) is 0 Å². The normalized spacial score (nSPS) is 9.71. The molecule has 0 aliphatic rings. The first-order chi connectivity index (χ1) is 6.85. The van der Waals surface area contributed by atoms with Crippen LogP contribution in [-0.4, -0.2) is 19.5 Å². The lowest BCUT2D eigenvalue weighted by Gasteiger charge is -2.16. The standard InChI is InChI=1S/C10H16N2O2/c1-2-5-10(13-8-3-6-11)14-9-4-7-12/h10H,2-5,8-9H2,1H3. The molecule has 78 valence electrons. The zero-order valence-electron chi connectivity index (χ0n) is 8.53. The Morgan fingerprint density at radius 1 is 1.07 bits per heavy atom. The van der Waals surface area contributed by atoms with Crippen molar-refractivity contribution in [1.82, 2.24) is 0 Å². The molecule has 14 heavy (non-hydrogen) atoms. The van der Waals surface area contributed by atoms with Crippen molar-refractivity contribution in [3.8, 4) is 12.1 Å². The van der Waals surface area contributed by atoms with Gasteiger partial charge in [-0.15, -0.1) is 0 Å². The van der Waals surface area contributed by atoms with Gasteiger partial charge < -0.3 is 9.47 Å². The van der Waals surface area contributed by atoms with E-state index in [1.165, 1.54) is 0 Å². The van der Waals surface area contributed by atoms with E-state index < -0.39 is 0 Å². The van der Waals surface area contributed by atoms with E-state index in [1.54, 1.807) is 0 Å². The Kier molecular flexibility index (Phi) is 9.20. The van der Waals surface area contributed by atoms with Crippen LogP contribution in [-0.2, 0) is 9.47 Å². The Bertz CT molecular complexity index is 185. The van der Waals surface area contributed by atoms with E-state index >= 15 is 0 Å². The molecule has 0 saturated heterocycles. The van der Waals surface area contributed by atoms with Crippen LogP contribution in [0, 0.1) is 22.7 Å². The summed E-state index contributed by atoms with van der Waals surface area (Å²) in [4.78, 5) is 0. The van der Waals surface area contributed by atoms with Crippen molar-refractivity contribution in [2.75, 3.05) is 13.2 Å². The highest BCUT2D eigenvalue weighted by Gasteiger charge is 2.07. The molecule has 0 aromatic rings. The van der Waals surface area contributed by atoms with E-state index in [4.69, 9.17) is 20.0 Å². The molecular weight excluding hydrogens is 180 g/mol. The molecule has 0 atom stereocenters. The second kappa shape index (κ2) is 9.98. The van der Waals surface area contributed by atoms with Crippen molar-refractivity contribution in [3.63, 3.8) is 0 Å². The Labute approximate surface area is 85.0 Å². The number of rotatable bonds is 8. The van der Waals surface area contributed by atoms with Gasteiger partial charge in [0.05, 0.1) is 38.2 Å². The summed E-state index contributed by atoms with van der Waals surface area (Å²) in [6.45, 7) is 2.83. The molecule has 4 nitrogen and oxygen atoms in total. The molecule has 0 fully saturated rings. The third-order valence-electron chi connectivity index (χ3n) is 1.56. The average Bonchev–Trinajstić information content (AvgIpc) is 2.18. The SMILES string of the molecule is CCCC(OCCC#N)OCCC#N. The zero-order chi connectivity index (χ0) is 10.6. The van der Waals surface area contributed by atoms with E-state index in [9.17, 15) is 0 Å². The van der Waals surface area contributed by atoms with Crippen molar-refractivity contribution in [2.45, 2.75) is 38.9 Å². The van der Waals surface area contributed by atoms with Gasteiger partial charge in [-0.05, 0) is 6.42 Å². The van der Waals surface area contributed by atoms with E-state index in [1.807, 2.05) is 19.1 Å². The second-order valence-corrected chi connectivity index (χ2v) is 2.78. The minimum absolute atomic E-state index is 0.262. The van der Waals surface area contributed by atoms with E-state index in [0.29, 0.717) is 26.1 Å². The van der Waals surface area contributed by atoms with Gasteiger partial charge in [-0.3, -0.25) is 0 Å². The highest BCUT2D eigenvalue weighted by molar-refractivity contribution is 4.68. The largest absolute Gasteiger partial charge is 0.352 e. The van der Waals surface area contributed by atoms with Crippen LogP contribution in [0.4, 0.5) is 0 Å². The van der Waals surface area contributed by atoms with Crippen molar-refractivity contribution < 1.29 is 9.47 Å². The summed E-state index contributed by atoms with van der Waals surface area (Å²) in [6.07, 6.45) is 2.26. The summed E-state index contributed by atoms with van der Waals surface area (Å²) >= 11 is 0. The van der Waals surface area contributed by atoms with E-state index in [2.05, 4.69) is 0 Å². The van der Waals surface area contributed by atoms with Gasteiger partial charge in [-0.2, -0.15) is 10.5 Å². The van der Waals surface area contributed by atoms with Gasteiger partial charge in [0.25, 0.3) is 0 Å². The fourth-order valence-corrected chi connectivity index (χ4v) is 0.923. The lowest BCUT2D eigenvalue weighted by molar-refractivity contribution is -0.143. The highest BCUT2D eigenvalue weighted by Crippen LogP contribution is 2.05. The summed E-state index contributed by atoms with van der Waals surface area (Å²) < 4.78 is 10.6. The minimum atomic E-state index is -0.262. The zero-order valence-corrected chi connectivity index (χ0v) is 8.53. The maximum absolute atomic E-state index is 8.31. The fourth-order valence-electron chi connectivity index (χ4n) is 0.923. The number of nitriles is 2. The predicted molar refractivity (Wildman–Crippen MR) is 51.1 cm³/mol. The number of hydrogen-bond donors (Lipinski definition) is 0. The lowest BCUT2D eigenvalue weighted by Crippen LogP contribution is -2.18. The number of hydrogen-bond acceptors (Lipinski definition) is 4. The van der Waals surface area contributed by atoms with Gasteiger partial charge in [0.2, 0.25) is 0 Å². The van der Waals surface area contributed by atoms with Crippen LogP contribution in [0.25, 0.3) is 0 Å². The van der Waals surface area contributed by atoms with Gasteiger partial charge >= 0.3 is 0 Å². The molecule has 0 aliphatic heterocycles. The summed E-state index contributed by atoms with van der Waals surface area (Å²) in [5.74, 6) is 0. The minimum Gasteiger partial charge on any atom is -0.352 e. The van der Waals surface area contributed by atoms with E-state index in [0.717, 1.165) is 12.8 Å². The van der Waals surface area contributed by atoms with Gasteiger partial charge in [-0.1, -0.05) is 13.3 Å². The van der Waals surface area contributed by atoms with Gasteiger partial charge in [0, 0.05) is 0 Å². The van der Waals surface area contributed by atoms with Gasteiger partial charge in [0.1, 0.15) is 0 Å². The summed E-state index contributed by atoms with van der Waals surface area (Å²) in [5, 5.41) is 16.6. The predicted octanol–water partition coefficient (Wildman–Crippen LogP) is 1.97. The topological polar surface area (TPSA) is 66.0 Å². The number of nitrogens with zero attached hydrogens (tertiary/aromatic N) is 2. The summed E-state index contributed by atoms with van der Waals surface area (Å²) in [7, 11) is 0. The van der Waals surface area contributed by atoms with Crippen LogP contribution in [0.2, 0.25) is 0 Å². The molecule has 0 heterocycles. The molecule has 0 spiro atoms. The van der Waals surface area contributed by atoms with Gasteiger partial charge in [0.15, 0.2) is 6.29 Å². The molecule has 0 aliphatic carbocycles. The first kappa shape index (κ1) is 12.9. The fraction of sp³-hybridized carbons (Fsp3) is 0.800. The van der Waals surface area contributed by atoms with Crippen LogP contribution in [0.1, 0.15) is 32.6 Å². The third kappa shape index (κ3) is 7.54. The monoisotopic (exact) mass is 196 g/mol. The molecule has 0 bridgehead atoms. The second-order valence-electron chi connectivity index (χ2n) is 2.78. The quantitative estimate of drug-likeness (QED) is 0.439. The molecule has 0 unspecified atom stereocenters. The van der Waals surface area contributed by atoms with Crippen molar-refractivity contribution in [1.29, 1.82) is 10.5 Å². The Morgan fingerprint density at radius 2 is 1.57 bits per heavy atom. The van der Waals surface area contributed by atoms with Crippen LogP contribution >= 0.6 is 0 Å². The molecule has 0 saturated carbocycles. The maximum Gasteiger partial charge on any atom is 0.157 e. The van der Waals surface area contributed by atoms with Crippen LogP contribution in [0.15, 0.2) is 0 Å². The van der Waals surface area contributed by atoms with Crippen molar-refractivity contribution >= 4 is 0 Å². The molecule has 0 rings (SSSR count). The Hall–Kier alpha value is -1.10. The first-order valence-electron chi connectivity index (χ1n) is 4.82. The molecule has 0 aromatic carbocycles. The lowest BCUT2D eigenvalue weighted by atomic mass is 10.3. The molecule has 0 radical (unpaired) electrons. The van der Waals surface area contributed by atoms with Crippen molar-refractivity contribution in [3.05, 3.63) is 0 Å². The van der Waals surface area contributed by atoms with Crippen LogP contribution < -0.4 is 0 Å². The smallest absolute Gasteiger partial charge is 0.157 e.